The van der Waals surface area contributed by atoms with E-state index in [2.05, 4.69) is 10.2 Å². The Kier molecular flexibility index (Phi) is 6.35. The fraction of sp³-hybridized carbons (Fsp3) is 0.364. The summed E-state index contributed by atoms with van der Waals surface area (Å²) in [5.41, 5.74) is 0.436. The number of hydrogen-bond donors (Lipinski definition) is 0. The van der Waals surface area contributed by atoms with E-state index in [0.29, 0.717) is 5.56 Å². The van der Waals surface area contributed by atoms with Crippen LogP contribution in [-0.2, 0) is 11.3 Å². The van der Waals surface area contributed by atoms with Crippen molar-refractivity contribution in [3.05, 3.63) is 26.7 Å². The maximum Gasteiger partial charge on any atom is 0.285 e. The SMILES string of the molecule is COc1c(Cl)cc(Cl)c(C/N=N/C(Cl)(Cl)C(C)=O)c1Cl. The molecule has 0 N–H and O–H groups in total. The number of halogens is 5. The van der Waals surface area contributed by atoms with Crippen LogP contribution in [0, 0.1) is 0 Å². The lowest BCUT2D eigenvalue weighted by atomic mass is 10.2. The number of azo groups is 1. The van der Waals surface area contributed by atoms with Crippen LogP contribution in [0.15, 0.2) is 16.3 Å². The van der Waals surface area contributed by atoms with Gasteiger partial charge in [0.25, 0.3) is 4.46 Å². The predicted molar refractivity (Wildman–Crippen MR) is 81.7 cm³/mol. The van der Waals surface area contributed by atoms with Crippen LogP contribution >= 0.6 is 58.0 Å². The first kappa shape index (κ1) is 17.8. The van der Waals surface area contributed by atoms with Gasteiger partial charge in [-0.3, -0.25) is 4.79 Å². The van der Waals surface area contributed by atoms with Gasteiger partial charge in [-0.1, -0.05) is 58.0 Å². The molecular formula is C11H9Cl5N2O2. The molecule has 110 valence electrons. The van der Waals surface area contributed by atoms with Crippen molar-refractivity contribution >= 4 is 63.8 Å². The Labute approximate surface area is 140 Å². The van der Waals surface area contributed by atoms with Gasteiger partial charge in [-0.25, -0.2) is 0 Å². The van der Waals surface area contributed by atoms with Crippen LogP contribution in [0.2, 0.25) is 15.1 Å². The second-order valence-corrected chi connectivity index (χ2v) is 6.14. The van der Waals surface area contributed by atoms with Crippen molar-refractivity contribution in [2.75, 3.05) is 7.11 Å². The van der Waals surface area contributed by atoms with Crippen molar-refractivity contribution in [2.45, 2.75) is 17.9 Å². The Morgan fingerprint density at radius 2 is 1.90 bits per heavy atom. The first-order chi connectivity index (χ1) is 9.20. The van der Waals surface area contributed by atoms with Crippen molar-refractivity contribution in [2.24, 2.45) is 10.2 Å². The first-order valence-corrected chi connectivity index (χ1v) is 7.07. The molecule has 1 rings (SSSR count). The third-order valence-corrected chi connectivity index (χ3v) is 3.98. The quantitative estimate of drug-likeness (QED) is 0.395. The summed E-state index contributed by atoms with van der Waals surface area (Å²) in [4.78, 5) is 11.1. The third-order valence-electron chi connectivity index (χ3n) is 2.28. The molecule has 1 aromatic carbocycles. The molecule has 20 heavy (non-hydrogen) atoms. The molecule has 0 bridgehead atoms. The minimum absolute atomic E-state index is 0.0281. The van der Waals surface area contributed by atoms with Crippen LogP contribution < -0.4 is 4.74 Å². The molecule has 0 radical (unpaired) electrons. The van der Waals surface area contributed by atoms with Crippen molar-refractivity contribution in [3.8, 4) is 5.75 Å². The van der Waals surface area contributed by atoms with Crippen LogP contribution in [0.5, 0.6) is 5.75 Å². The number of rotatable bonds is 5. The molecule has 0 aliphatic carbocycles. The Morgan fingerprint density at radius 3 is 2.40 bits per heavy atom. The summed E-state index contributed by atoms with van der Waals surface area (Å²) in [5, 5.41) is 8.03. The summed E-state index contributed by atoms with van der Waals surface area (Å²) in [7, 11) is 1.42. The molecule has 0 unspecified atom stereocenters. The molecule has 9 heteroatoms. The van der Waals surface area contributed by atoms with Gasteiger partial charge in [0.1, 0.15) is 0 Å². The normalized spacial score (nSPS) is 11.9. The molecule has 1 aromatic rings. The lowest BCUT2D eigenvalue weighted by molar-refractivity contribution is -0.117. The summed E-state index contributed by atoms with van der Waals surface area (Å²) in [5.74, 6) is -0.270. The summed E-state index contributed by atoms with van der Waals surface area (Å²) < 4.78 is 3.13. The summed E-state index contributed by atoms with van der Waals surface area (Å²) >= 11 is 29.3. The van der Waals surface area contributed by atoms with Crippen LogP contribution in [-0.4, -0.2) is 17.4 Å². The van der Waals surface area contributed by atoms with E-state index in [1.165, 1.54) is 20.1 Å². The Hall–Kier alpha value is -0.260. The van der Waals surface area contributed by atoms with E-state index in [-0.39, 0.29) is 27.4 Å². The van der Waals surface area contributed by atoms with Gasteiger partial charge in [-0.2, -0.15) is 5.11 Å². The van der Waals surface area contributed by atoms with Gasteiger partial charge >= 0.3 is 0 Å². The standard InChI is InChI=1S/C11H9Cl5N2O2/c1-5(19)11(15,16)18-17-4-6-7(12)3-8(13)10(20-2)9(6)14/h3H,4H2,1-2H3/b18-17+. The molecule has 0 saturated carbocycles. The highest BCUT2D eigenvalue weighted by molar-refractivity contribution is 6.57. The number of ether oxygens (including phenoxy) is 1. The van der Waals surface area contributed by atoms with Crippen molar-refractivity contribution in [1.29, 1.82) is 0 Å². The van der Waals surface area contributed by atoms with Gasteiger partial charge in [0.2, 0.25) is 0 Å². The number of ketones is 1. The van der Waals surface area contributed by atoms with Crippen molar-refractivity contribution in [1.82, 2.24) is 0 Å². The zero-order chi connectivity index (χ0) is 15.5. The Morgan fingerprint density at radius 1 is 1.30 bits per heavy atom. The molecule has 0 fully saturated rings. The molecule has 0 aromatic heterocycles. The Balaban J connectivity index is 3.05. The number of alkyl halides is 2. The van der Waals surface area contributed by atoms with Gasteiger partial charge in [-0.05, 0) is 13.0 Å². The van der Waals surface area contributed by atoms with Crippen molar-refractivity contribution in [3.63, 3.8) is 0 Å². The van der Waals surface area contributed by atoms with Crippen LogP contribution in [0.3, 0.4) is 0 Å². The number of benzene rings is 1. The van der Waals surface area contributed by atoms with Gasteiger partial charge in [0.05, 0.1) is 23.7 Å². The zero-order valence-electron chi connectivity index (χ0n) is 10.4. The van der Waals surface area contributed by atoms with Crippen LogP contribution in [0.4, 0.5) is 0 Å². The van der Waals surface area contributed by atoms with E-state index in [0.717, 1.165) is 0 Å². The van der Waals surface area contributed by atoms with Crippen LogP contribution in [0.25, 0.3) is 0 Å². The number of methoxy groups -OCH3 is 1. The molecule has 0 spiro atoms. The van der Waals surface area contributed by atoms with Gasteiger partial charge < -0.3 is 4.74 Å². The molecule has 4 nitrogen and oxygen atoms in total. The minimum atomic E-state index is -1.92. The highest BCUT2D eigenvalue weighted by atomic mass is 35.5. The Bertz CT molecular complexity index is 560. The zero-order valence-corrected chi connectivity index (χ0v) is 14.2. The summed E-state index contributed by atoms with van der Waals surface area (Å²) in [6, 6.07) is 1.47. The van der Waals surface area contributed by atoms with E-state index >= 15 is 0 Å². The van der Waals surface area contributed by atoms with E-state index < -0.39 is 10.2 Å². The number of carbonyl (C=O) groups is 1. The van der Waals surface area contributed by atoms with Gasteiger partial charge in [0, 0.05) is 10.6 Å². The number of nitrogens with zero attached hydrogens (tertiary/aromatic N) is 2. The molecule has 0 heterocycles. The highest BCUT2D eigenvalue weighted by Crippen LogP contribution is 2.40. The molecule has 0 aliphatic heterocycles. The average molecular weight is 378 g/mol. The second-order valence-electron chi connectivity index (χ2n) is 3.66. The maximum atomic E-state index is 11.1. The fourth-order valence-electron chi connectivity index (χ4n) is 1.21. The van der Waals surface area contributed by atoms with E-state index in [4.69, 9.17) is 62.7 Å². The highest BCUT2D eigenvalue weighted by Gasteiger charge is 2.29. The maximum absolute atomic E-state index is 11.1. The smallest absolute Gasteiger partial charge is 0.285 e. The lowest BCUT2D eigenvalue weighted by Crippen LogP contribution is -2.19. The van der Waals surface area contributed by atoms with Gasteiger partial charge in [-0.15, -0.1) is 5.11 Å². The van der Waals surface area contributed by atoms with E-state index in [9.17, 15) is 4.79 Å². The molecule has 0 atom stereocenters. The topological polar surface area (TPSA) is 51.0 Å². The first-order valence-electron chi connectivity index (χ1n) is 5.18. The molecule has 0 amide bonds. The minimum Gasteiger partial charge on any atom is -0.494 e. The number of carbonyl (C=O) groups excluding carboxylic acids is 1. The monoisotopic (exact) mass is 376 g/mol. The van der Waals surface area contributed by atoms with E-state index in [1.807, 2.05) is 0 Å². The molecule has 0 aliphatic rings. The predicted octanol–water partition coefficient (Wildman–Crippen LogP) is 5.33. The van der Waals surface area contributed by atoms with Crippen molar-refractivity contribution < 1.29 is 9.53 Å². The van der Waals surface area contributed by atoms with Gasteiger partial charge in [0.15, 0.2) is 11.5 Å². The second kappa shape index (κ2) is 7.14. The van der Waals surface area contributed by atoms with E-state index in [1.54, 1.807) is 0 Å². The molecular weight excluding hydrogens is 369 g/mol. The summed E-state index contributed by atoms with van der Waals surface area (Å²) in [6.07, 6.45) is 0. The fourth-order valence-corrected chi connectivity index (χ4v) is 2.35. The third kappa shape index (κ3) is 4.12. The number of hydrogen-bond acceptors (Lipinski definition) is 4. The molecule has 0 saturated heterocycles. The average Bonchev–Trinajstić information content (AvgIpc) is 2.33. The van der Waals surface area contributed by atoms with Crippen LogP contribution in [0.1, 0.15) is 12.5 Å². The summed E-state index contributed by atoms with van der Waals surface area (Å²) in [6.45, 7) is 1.17. The number of Topliss-reactive ketones (excluding diaryl/α,β-unsaturated/α-hetero) is 1. The lowest BCUT2D eigenvalue weighted by Gasteiger charge is -2.11. The largest absolute Gasteiger partial charge is 0.494 e.